The fourth-order valence-corrected chi connectivity index (χ4v) is 2.40. The van der Waals surface area contributed by atoms with Gasteiger partial charge in [0.2, 0.25) is 11.7 Å². The molecular formula is C19H14F3N3O4. The third-order valence-corrected chi connectivity index (χ3v) is 3.93. The van der Waals surface area contributed by atoms with Crippen LogP contribution in [-0.4, -0.2) is 22.0 Å². The number of halogens is 3. The summed E-state index contributed by atoms with van der Waals surface area (Å²) in [6.07, 6.45) is -5.46. The van der Waals surface area contributed by atoms with Crippen molar-refractivity contribution in [2.45, 2.75) is 19.2 Å². The fourth-order valence-electron chi connectivity index (χ4n) is 2.40. The largest absolute Gasteiger partial charge is 0.449 e. The number of rotatable bonds is 5. The van der Waals surface area contributed by atoms with E-state index in [9.17, 15) is 22.8 Å². The molecule has 0 fully saturated rings. The van der Waals surface area contributed by atoms with Crippen LogP contribution in [0.2, 0.25) is 0 Å². The zero-order valence-corrected chi connectivity index (χ0v) is 14.9. The molecule has 1 heterocycles. The molecule has 7 nitrogen and oxygen atoms in total. The summed E-state index contributed by atoms with van der Waals surface area (Å²) in [6, 6.07) is 9.95. The van der Waals surface area contributed by atoms with Crippen molar-refractivity contribution >= 4 is 11.9 Å². The van der Waals surface area contributed by atoms with Crippen molar-refractivity contribution in [3.05, 3.63) is 71.1 Å². The number of amides is 1. The first-order valence-electron chi connectivity index (χ1n) is 8.27. The Labute approximate surface area is 162 Å². The Hall–Kier alpha value is -3.69. The molecule has 0 aliphatic rings. The van der Waals surface area contributed by atoms with E-state index in [1.807, 2.05) is 0 Å². The van der Waals surface area contributed by atoms with Crippen LogP contribution in [0.1, 0.15) is 45.2 Å². The Morgan fingerprint density at radius 2 is 1.76 bits per heavy atom. The van der Waals surface area contributed by atoms with Crippen LogP contribution in [0, 0.1) is 0 Å². The van der Waals surface area contributed by atoms with Crippen molar-refractivity contribution in [2.24, 2.45) is 5.73 Å². The Morgan fingerprint density at radius 3 is 2.38 bits per heavy atom. The zero-order chi connectivity index (χ0) is 21.2. The molecule has 0 aliphatic heterocycles. The number of esters is 1. The molecule has 29 heavy (non-hydrogen) atoms. The average molecular weight is 405 g/mol. The van der Waals surface area contributed by atoms with Gasteiger partial charge in [-0.3, -0.25) is 4.79 Å². The minimum atomic E-state index is -4.50. The van der Waals surface area contributed by atoms with Gasteiger partial charge in [0.15, 0.2) is 6.10 Å². The van der Waals surface area contributed by atoms with Gasteiger partial charge in [0.05, 0.1) is 11.1 Å². The number of benzene rings is 2. The van der Waals surface area contributed by atoms with E-state index in [-0.39, 0.29) is 28.4 Å². The Balaban J connectivity index is 1.73. The summed E-state index contributed by atoms with van der Waals surface area (Å²) in [5.41, 5.74) is 4.79. The Kier molecular flexibility index (Phi) is 5.35. The first-order chi connectivity index (χ1) is 13.6. The smallest absolute Gasteiger partial charge is 0.416 e. The van der Waals surface area contributed by atoms with Gasteiger partial charge < -0.3 is 15.0 Å². The highest BCUT2D eigenvalue weighted by molar-refractivity contribution is 5.95. The summed E-state index contributed by atoms with van der Waals surface area (Å²) in [5.74, 6) is -1.50. The van der Waals surface area contributed by atoms with Crippen LogP contribution in [0.4, 0.5) is 13.2 Å². The lowest BCUT2D eigenvalue weighted by molar-refractivity contribution is -0.137. The topological polar surface area (TPSA) is 108 Å². The van der Waals surface area contributed by atoms with Gasteiger partial charge in [-0.1, -0.05) is 17.3 Å². The van der Waals surface area contributed by atoms with Gasteiger partial charge in [0, 0.05) is 11.1 Å². The maximum atomic E-state index is 12.8. The second-order valence-corrected chi connectivity index (χ2v) is 6.02. The first-order valence-corrected chi connectivity index (χ1v) is 8.27. The molecule has 3 rings (SSSR count). The highest BCUT2D eigenvalue weighted by atomic mass is 19.4. The minimum absolute atomic E-state index is 0.0696. The summed E-state index contributed by atoms with van der Waals surface area (Å²) >= 11 is 0. The van der Waals surface area contributed by atoms with Gasteiger partial charge in [-0.2, -0.15) is 18.2 Å². The number of nitrogens with two attached hydrogens (primary N) is 1. The minimum Gasteiger partial charge on any atom is -0.449 e. The molecule has 0 aliphatic carbocycles. The lowest BCUT2D eigenvalue weighted by atomic mass is 10.1. The number of aromatic nitrogens is 2. The van der Waals surface area contributed by atoms with Crippen LogP contribution in [0.5, 0.6) is 0 Å². The van der Waals surface area contributed by atoms with Gasteiger partial charge in [0.1, 0.15) is 0 Å². The predicted octanol–water partition coefficient (Wildman–Crippen LogP) is 3.77. The molecule has 0 radical (unpaired) electrons. The second-order valence-electron chi connectivity index (χ2n) is 6.02. The number of nitrogens with zero attached hydrogens (tertiary/aromatic N) is 2. The molecule has 2 N–H and O–H groups in total. The van der Waals surface area contributed by atoms with E-state index in [0.717, 1.165) is 12.1 Å². The van der Waals surface area contributed by atoms with Crippen LogP contribution in [0.3, 0.4) is 0 Å². The molecular weight excluding hydrogens is 391 g/mol. The molecule has 0 saturated heterocycles. The molecule has 0 spiro atoms. The van der Waals surface area contributed by atoms with Crippen LogP contribution in [0.25, 0.3) is 11.4 Å². The average Bonchev–Trinajstić information content (AvgIpc) is 3.18. The third-order valence-electron chi connectivity index (χ3n) is 3.93. The van der Waals surface area contributed by atoms with E-state index < -0.39 is 29.7 Å². The van der Waals surface area contributed by atoms with E-state index in [2.05, 4.69) is 10.1 Å². The van der Waals surface area contributed by atoms with Crippen molar-refractivity contribution in [2.75, 3.05) is 0 Å². The summed E-state index contributed by atoms with van der Waals surface area (Å²) in [7, 11) is 0. The van der Waals surface area contributed by atoms with E-state index >= 15 is 0 Å². The molecule has 0 saturated carbocycles. The molecule has 1 atom stereocenters. The number of hydrogen-bond acceptors (Lipinski definition) is 6. The first kappa shape index (κ1) is 20.1. The van der Waals surface area contributed by atoms with E-state index in [1.165, 1.54) is 43.3 Å². The molecule has 2 aromatic carbocycles. The molecule has 3 aromatic rings. The fraction of sp³-hybridized carbons (Fsp3) is 0.158. The lowest BCUT2D eigenvalue weighted by Crippen LogP contribution is -2.12. The number of carbonyl (C=O) groups is 2. The van der Waals surface area contributed by atoms with Crippen molar-refractivity contribution in [1.29, 1.82) is 0 Å². The highest BCUT2D eigenvalue weighted by Gasteiger charge is 2.31. The molecule has 10 heteroatoms. The monoisotopic (exact) mass is 405 g/mol. The zero-order valence-electron chi connectivity index (χ0n) is 14.9. The van der Waals surface area contributed by atoms with Crippen LogP contribution in [0.15, 0.2) is 53.1 Å². The van der Waals surface area contributed by atoms with Gasteiger partial charge in [-0.25, -0.2) is 4.79 Å². The maximum Gasteiger partial charge on any atom is 0.416 e. The van der Waals surface area contributed by atoms with Gasteiger partial charge in [-0.05, 0) is 43.3 Å². The summed E-state index contributed by atoms with van der Waals surface area (Å²) in [6.45, 7) is 1.47. The van der Waals surface area contributed by atoms with Crippen molar-refractivity contribution in [1.82, 2.24) is 10.1 Å². The highest BCUT2D eigenvalue weighted by Crippen LogP contribution is 2.31. The van der Waals surface area contributed by atoms with Crippen molar-refractivity contribution in [3.8, 4) is 11.4 Å². The lowest BCUT2D eigenvalue weighted by Gasteiger charge is -2.09. The van der Waals surface area contributed by atoms with E-state index in [0.29, 0.717) is 0 Å². The number of primary amides is 1. The van der Waals surface area contributed by atoms with Gasteiger partial charge >= 0.3 is 12.1 Å². The number of ether oxygens (including phenoxy) is 1. The quantitative estimate of drug-likeness (QED) is 0.648. The van der Waals surface area contributed by atoms with Crippen molar-refractivity contribution in [3.63, 3.8) is 0 Å². The molecule has 0 bridgehead atoms. The number of carbonyl (C=O) groups excluding carboxylic acids is 2. The van der Waals surface area contributed by atoms with Gasteiger partial charge in [0.25, 0.3) is 5.89 Å². The second kappa shape index (κ2) is 7.74. The predicted molar refractivity (Wildman–Crippen MR) is 93.5 cm³/mol. The Bertz CT molecular complexity index is 1050. The Morgan fingerprint density at radius 1 is 1.10 bits per heavy atom. The normalized spacial score (nSPS) is 12.4. The summed E-state index contributed by atoms with van der Waals surface area (Å²) in [5, 5.41) is 3.65. The number of alkyl halides is 3. The van der Waals surface area contributed by atoms with Crippen LogP contribution >= 0.6 is 0 Å². The summed E-state index contributed by atoms with van der Waals surface area (Å²) < 4.78 is 48.8. The SMILES string of the molecule is CC(OC(=O)c1ccc(C(N)=O)cc1)c1nc(-c2cccc(C(F)(F)F)c2)no1. The van der Waals surface area contributed by atoms with Gasteiger partial charge in [-0.15, -0.1) is 0 Å². The standard InChI is InChI=1S/C19H14F3N3O4/c1-10(28-18(27)12-7-5-11(6-8-12)15(23)26)17-24-16(25-29-17)13-3-2-4-14(9-13)19(20,21)22/h2-10H,1H3,(H2,23,26). The molecule has 1 amide bonds. The summed E-state index contributed by atoms with van der Waals surface area (Å²) in [4.78, 5) is 27.2. The molecule has 1 aromatic heterocycles. The molecule has 1 unspecified atom stereocenters. The van der Waals surface area contributed by atoms with Crippen LogP contribution < -0.4 is 5.73 Å². The van der Waals surface area contributed by atoms with E-state index in [1.54, 1.807) is 0 Å². The van der Waals surface area contributed by atoms with Crippen molar-refractivity contribution < 1.29 is 32.0 Å². The number of hydrogen-bond donors (Lipinski definition) is 1. The van der Waals surface area contributed by atoms with E-state index in [4.69, 9.17) is 15.0 Å². The molecule has 150 valence electrons. The maximum absolute atomic E-state index is 12.8. The van der Waals surface area contributed by atoms with Crippen LogP contribution in [-0.2, 0) is 10.9 Å². The third kappa shape index (κ3) is 4.60.